The lowest BCUT2D eigenvalue weighted by molar-refractivity contribution is 0.262. The van der Waals surface area contributed by atoms with Crippen LogP contribution in [0, 0.1) is 13.8 Å². The Labute approximate surface area is 182 Å². The average molecular weight is 466 g/mol. The number of methoxy groups -OCH3 is 1. The van der Waals surface area contributed by atoms with Crippen molar-refractivity contribution in [1.82, 2.24) is 14.5 Å². The van der Waals surface area contributed by atoms with E-state index in [-0.39, 0.29) is 6.03 Å². The molecule has 2 amide bonds. The molecule has 0 unspecified atom stereocenters. The molecule has 0 bridgehead atoms. The van der Waals surface area contributed by atoms with Crippen molar-refractivity contribution in [3.63, 3.8) is 0 Å². The van der Waals surface area contributed by atoms with Gasteiger partial charge in [0.2, 0.25) is 0 Å². The molecule has 4 rings (SSSR count). The van der Waals surface area contributed by atoms with Gasteiger partial charge in [0, 0.05) is 16.9 Å². The number of urea groups is 1. The zero-order valence-corrected chi connectivity index (χ0v) is 18.3. The average Bonchev–Trinajstić information content (AvgIpc) is 3.07. The molecule has 30 heavy (non-hydrogen) atoms. The van der Waals surface area contributed by atoms with Gasteiger partial charge < -0.3 is 15.4 Å². The van der Waals surface area contributed by atoms with Gasteiger partial charge in [-0.15, -0.1) is 0 Å². The van der Waals surface area contributed by atoms with Crippen molar-refractivity contribution >= 4 is 44.4 Å². The maximum Gasteiger partial charge on any atom is 0.323 e. The van der Waals surface area contributed by atoms with Gasteiger partial charge in [0.1, 0.15) is 17.1 Å². The molecule has 152 valence electrons. The first kappa shape index (κ1) is 19.9. The Morgan fingerprint density at radius 2 is 1.83 bits per heavy atom. The monoisotopic (exact) mass is 465 g/mol. The molecule has 0 atom stereocenters. The molecule has 0 radical (unpaired) electrons. The number of aromatic nitrogens is 3. The topological polar surface area (TPSA) is 81.1 Å². The maximum atomic E-state index is 12.8. The Kier molecular flexibility index (Phi) is 5.41. The van der Waals surface area contributed by atoms with Crippen LogP contribution in [0.3, 0.4) is 0 Å². The van der Waals surface area contributed by atoms with Crippen molar-refractivity contribution in [3.05, 3.63) is 70.7 Å². The van der Waals surface area contributed by atoms with E-state index in [1.54, 1.807) is 31.6 Å². The third kappa shape index (κ3) is 3.73. The summed E-state index contributed by atoms with van der Waals surface area (Å²) in [5.74, 6) is 1.39. The van der Waals surface area contributed by atoms with E-state index >= 15 is 0 Å². The minimum absolute atomic E-state index is 0.377. The Hall–Kier alpha value is -3.39. The Morgan fingerprint density at radius 1 is 1.07 bits per heavy atom. The number of ether oxygens (including phenoxy) is 1. The van der Waals surface area contributed by atoms with Crippen molar-refractivity contribution in [2.45, 2.75) is 13.8 Å². The minimum atomic E-state index is -0.377. The molecule has 4 aromatic rings. The molecule has 0 aliphatic carbocycles. The summed E-state index contributed by atoms with van der Waals surface area (Å²) in [6.07, 6.45) is 3.49. The number of fused-ring (bicyclic) bond motifs is 1. The fourth-order valence-corrected chi connectivity index (χ4v) is 3.74. The summed E-state index contributed by atoms with van der Waals surface area (Å²) in [6.45, 7) is 3.88. The number of anilines is 2. The SMILES string of the molecule is COc1ccc(Br)cc1NC(=O)Nc1c(C)ccc2c1nc(C)n2-c1ccncc1. The van der Waals surface area contributed by atoms with Crippen LogP contribution in [0.15, 0.2) is 59.3 Å². The zero-order valence-electron chi connectivity index (χ0n) is 16.7. The molecule has 0 spiro atoms. The summed E-state index contributed by atoms with van der Waals surface area (Å²) in [7, 11) is 1.56. The molecule has 0 saturated heterocycles. The molecule has 0 saturated carbocycles. The van der Waals surface area contributed by atoms with E-state index in [1.165, 1.54) is 0 Å². The molecule has 0 fully saturated rings. The van der Waals surface area contributed by atoms with Crippen molar-refractivity contribution in [2.24, 2.45) is 0 Å². The number of benzene rings is 2. The Bertz CT molecular complexity index is 1240. The first-order valence-corrected chi connectivity index (χ1v) is 10.1. The van der Waals surface area contributed by atoms with Gasteiger partial charge >= 0.3 is 6.03 Å². The number of rotatable bonds is 4. The number of nitrogens with one attached hydrogen (secondary N) is 2. The summed E-state index contributed by atoms with van der Waals surface area (Å²) in [5, 5.41) is 5.80. The molecule has 8 heteroatoms. The van der Waals surface area contributed by atoms with Crippen molar-refractivity contribution in [2.75, 3.05) is 17.7 Å². The van der Waals surface area contributed by atoms with Crippen LogP contribution in [-0.2, 0) is 0 Å². The highest BCUT2D eigenvalue weighted by atomic mass is 79.9. The van der Waals surface area contributed by atoms with Crippen LogP contribution in [0.5, 0.6) is 5.75 Å². The zero-order chi connectivity index (χ0) is 21.3. The molecular weight excluding hydrogens is 446 g/mol. The number of amides is 2. The minimum Gasteiger partial charge on any atom is -0.495 e. The largest absolute Gasteiger partial charge is 0.495 e. The predicted molar refractivity (Wildman–Crippen MR) is 122 cm³/mol. The third-order valence-electron chi connectivity index (χ3n) is 4.77. The Morgan fingerprint density at radius 3 is 2.57 bits per heavy atom. The van der Waals surface area contributed by atoms with Crippen molar-refractivity contribution < 1.29 is 9.53 Å². The molecule has 0 aliphatic rings. The van der Waals surface area contributed by atoms with E-state index in [0.717, 1.165) is 32.6 Å². The number of carbonyl (C=O) groups excluding carboxylic acids is 1. The van der Waals surface area contributed by atoms with Gasteiger partial charge in [-0.25, -0.2) is 9.78 Å². The van der Waals surface area contributed by atoms with Gasteiger partial charge in [-0.3, -0.25) is 9.55 Å². The van der Waals surface area contributed by atoms with Crippen LogP contribution in [0.25, 0.3) is 16.7 Å². The fraction of sp³-hybridized carbons (Fsp3) is 0.136. The van der Waals surface area contributed by atoms with Crippen molar-refractivity contribution in [1.29, 1.82) is 0 Å². The number of pyridine rings is 1. The fourth-order valence-electron chi connectivity index (χ4n) is 3.38. The molecule has 2 heterocycles. The summed E-state index contributed by atoms with van der Waals surface area (Å²) in [4.78, 5) is 21.6. The summed E-state index contributed by atoms with van der Waals surface area (Å²) in [6, 6.07) is 12.9. The van der Waals surface area contributed by atoms with E-state index in [4.69, 9.17) is 9.72 Å². The standard InChI is InChI=1S/C22H20BrN5O2/c1-13-4-6-18-21(25-14(2)28(18)16-8-10-24-11-9-16)20(13)27-22(29)26-17-12-15(23)5-7-19(17)30-3/h4-12H,1-3H3,(H2,26,27,29). The lowest BCUT2D eigenvalue weighted by Crippen LogP contribution is -2.20. The van der Waals surface area contributed by atoms with Gasteiger partial charge in [-0.05, 0) is 55.8 Å². The first-order chi connectivity index (χ1) is 14.5. The lowest BCUT2D eigenvalue weighted by atomic mass is 10.1. The van der Waals surface area contributed by atoms with Crippen LogP contribution < -0.4 is 15.4 Å². The number of nitrogens with zero attached hydrogens (tertiary/aromatic N) is 3. The van der Waals surface area contributed by atoms with Gasteiger partial charge in [-0.2, -0.15) is 0 Å². The van der Waals surface area contributed by atoms with E-state index in [0.29, 0.717) is 17.1 Å². The normalized spacial score (nSPS) is 10.8. The third-order valence-corrected chi connectivity index (χ3v) is 5.27. The van der Waals surface area contributed by atoms with Gasteiger partial charge in [0.05, 0.1) is 29.7 Å². The first-order valence-electron chi connectivity index (χ1n) is 9.28. The number of hydrogen-bond donors (Lipinski definition) is 2. The molecule has 2 N–H and O–H groups in total. The second-order valence-corrected chi connectivity index (χ2v) is 7.66. The predicted octanol–water partition coefficient (Wildman–Crippen LogP) is 5.45. The van der Waals surface area contributed by atoms with Gasteiger partial charge in [0.25, 0.3) is 0 Å². The number of halogens is 1. The summed E-state index contributed by atoms with van der Waals surface area (Å²) < 4.78 is 8.20. The molecular formula is C22H20BrN5O2. The maximum absolute atomic E-state index is 12.8. The number of carbonyl (C=O) groups is 1. The van der Waals surface area contributed by atoms with Crippen LogP contribution in [0.4, 0.5) is 16.2 Å². The highest BCUT2D eigenvalue weighted by Gasteiger charge is 2.17. The highest BCUT2D eigenvalue weighted by molar-refractivity contribution is 9.10. The van der Waals surface area contributed by atoms with Crippen molar-refractivity contribution in [3.8, 4) is 11.4 Å². The van der Waals surface area contributed by atoms with Gasteiger partial charge in [-0.1, -0.05) is 22.0 Å². The van der Waals surface area contributed by atoms with Gasteiger partial charge in [0.15, 0.2) is 0 Å². The lowest BCUT2D eigenvalue weighted by Gasteiger charge is -2.13. The van der Waals surface area contributed by atoms with Crippen LogP contribution >= 0.6 is 15.9 Å². The van der Waals surface area contributed by atoms with Crippen LogP contribution in [-0.4, -0.2) is 27.7 Å². The number of hydrogen-bond acceptors (Lipinski definition) is 4. The second-order valence-electron chi connectivity index (χ2n) is 6.75. The van der Waals surface area contributed by atoms with E-state index < -0.39 is 0 Å². The van der Waals surface area contributed by atoms with Crippen LogP contribution in [0.2, 0.25) is 0 Å². The van der Waals surface area contributed by atoms with E-state index in [1.807, 2.05) is 48.7 Å². The summed E-state index contributed by atoms with van der Waals surface area (Å²) in [5.41, 5.74) is 4.73. The molecule has 2 aromatic carbocycles. The molecule has 2 aromatic heterocycles. The second kappa shape index (κ2) is 8.16. The van der Waals surface area contributed by atoms with Crippen LogP contribution in [0.1, 0.15) is 11.4 Å². The summed E-state index contributed by atoms with van der Waals surface area (Å²) >= 11 is 3.41. The Balaban J connectivity index is 1.70. The quantitative estimate of drug-likeness (QED) is 0.419. The van der Waals surface area contributed by atoms with E-state index in [9.17, 15) is 4.79 Å². The number of aryl methyl sites for hydroxylation is 2. The van der Waals surface area contributed by atoms with E-state index in [2.05, 4.69) is 31.5 Å². The molecule has 0 aliphatic heterocycles. The highest BCUT2D eigenvalue weighted by Crippen LogP contribution is 2.31. The molecule has 7 nitrogen and oxygen atoms in total. The number of imidazole rings is 1. The smallest absolute Gasteiger partial charge is 0.323 e.